The molecule has 0 amide bonds. The fourth-order valence-electron chi connectivity index (χ4n) is 1.95. The maximum Gasteiger partial charge on any atom is 0.182 e. The molecule has 1 aromatic heterocycles. The van der Waals surface area contributed by atoms with Gasteiger partial charge in [0, 0.05) is 10.6 Å². The zero-order valence-electron chi connectivity index (χ0n) is 12.4. The van der Waals surface area contributed by atoms with Crippen LogP contribution in [0, 0.1) is 0 Å². The molecule has 0 radical (unpaired) electrons. The van der Waals surface area contributed by atoms with Gasteiger partial charge in [0.05, 0.1) is 17.6 Å². The Hall–Kier alpha value is -2.79. The van der Waals surface area contributed by atoms with Gasteiger partial charge in [0.2, 0.25) is 0 Å². The Kier molecular flexibility index (Phi) is 4.59. The molecule has 0 unspecified atom stereocenters. The molecule has 6 heteroatoms. The fraction of sp³-hybridized carbons (Fsp3) is 0.0588. The second kappa shape index (κ2) is 6.98. The van der Waals surface area contributed by atoms with E-state index >= 15 is 0 Å². The molecule has 3 aromatic rings. The van der Waals surface area contributed by atoms with Gasteiger partial charge in [0.15, 0.2) is 5.82 Å². The van der Waals surface area contributed by atoms with Crippen molar-refractivity contribution < 1.29 is 0 Å². The summed E-state index contributed by atoms with van der Waals surface area (Å²) in [7, 11) is 0. The van der Waals surface area contributed by atoms with Crippen LogP contribution >= 0.6 is 11.6 Å². The lowest BCUT2D eigenvalue weighted by atomic mass is 10.2. The van der Waals surface area contributed by atoms with E-state index in [4.69, 9.17) is 11.6 Å². The van der Waals surface area contributed by atoms with Crippen LogP contribution in [0.2, 0.25) is 5.02 Å². The largest absolute Gasteiger partial charge is 0.278 e. The number of aromatic nitrogens is 3. The van der Waals surface area contributed by atoms with E-state index in [0.717, 1.165) is 11.3 Å². The molecule has 0 bridgehead atoms. The minimum absolute atomic E-state index is 0.570. The van der Waals surface area contributed by atoms with E-state index in [0.29, 0.717) is 22.3 Å². The smallest absolute Gasteiger partial charge is 0.182 e. The van der Waals surface area contributed by atoms with Crippen molar-refractivity contribution in [3.8, 4) is 11.4 Å². The highest BCUT2D eigenvalue weighted by atomic mass is 35.5. The van der Waals surface area contributed by atoms with Crippen LogP contribution in [0.4, 0.5) is 5.69 Å². The van der Waals surface area contributed by atoms with Crippen LogP contribution in [-0.2, 0) is 0 Å². The third-order valence-electron chi connectivity index (χ3n) is 3.14. The number of benzene rings is 2. The molecule has 114 valence electrons. The first-order chi connectivity index (χ1) is 11.2. The number of hydrogen-bond donors (Lipinski definition) is 1. The number of nitrogens with zero attached hydrogens (tertiary/aromatic N) is 4. The maximum absolute atomic E-state index is 5.95. The van der Waals surface area contributed by atoms with Gasteiger partial charge in [-0.3, -0.25) is 5.43 Å². The zero-order valence-corrected chi connectivity index (χ0v) is 13.2. The van der Waals surface area contributed by atoms with Gasteiger partial charge in [-0.05, 0) is 25.1 Å². The lowest BCUT2D eigenvalue weighted by Gasteiger charge is -2.04. The molecule has 0 fully saturated rings. The Bertz CT molecular complexity index is 833. The molecule has 23 heavy (non-hydrogen) atoms. The number of hydrazone groups is 1. The van der Waals surface area contributed by atoms with E-state index in [9.17, 15) is 0 Å². The van der Waals surface area contributed by atoms with Crippen LogP contribution < -0.4 is 5.43 Å². The topological polar surface area (TPSA) is 63.1 Å². The summed E-state index contributed by atoms with van der Waals surface area (Å²) in [5.41, 5.74) is 6.05. The highest BCUT2D eigenvalue weighted by molar-refractivity contribution is 6.30. The second-order valence-corrected chi connectivity index (χ2v) is 5.29. The van der Waals surface area contributed by atoms with Gasteiger partial charge >= 0.3 is 0 Å². The van der Waals surface area contributed by atoms with Crippen molar-refractivity contribution in [1.29, 1.82) is 0 Å². The minimum atomic E-state index is 0.570. The van der Waals surface area contributed by atoms with Crippen LogP contribution in [0.5, 0.6) is 0 Å². The van der Waals surface area contributed by atoms with Crippen LogP contribution in [0.25, 0.3) is 11.4 Å². The molecule has 0 saturated heterocycles. The standard InChI is InChI=1S/C17H14ClN5/c1-12(21-22-15-9-5-8-14(18)10-15)16-11-19-23-17(20-16)13-6-3-2-4-7-13/h2-11,22H,1H3/b21-12-. The summed E-state index contributed by atoms with van der Waals surface area (Å²) in [6, 6.07) is 17.1. The molecule has 3 rings (SSSR count). The van der Waals surface area contributed by atoms with Gasteiger partial charge in [-0.15, -0.1) is 5.10 Å². The highest BCUT2D eigenvalue weighted by Crippen LogP contribution is 2.15. The van der Waals surface area contributed by atoms with Crippen LogP contribution in [0.3, 0.4) is 0 Å². The third kappa shape index (κ3) is 3.90. The molecule has 1 N–H and O–H groups in total. The van der Waals surface area contributed by atoms with Crippen LogP contribution in [0.15, 0.2) is 65.9 Å². The SMILES string of the molecule is C/C(=N/Nc1cccc(Cl)c1)c1cnnc(-c2ccccc2)n1. The van der Waals surface area contributed by atoms with Crippen molar-refractivity contribution in [2.45, 2.75) is 6.92 Å². The van der Waals surface area contributed by atoms with E-state index in [1.54, 1.807) is 12.3 Å². The summed E-state index contributed by atoms with van der Waals surface area (Å²) in [5.74, 6) is 0.570. The third-order valence-corrected chi connectivity index (χ3v) is 3.37. The van der Waals surface area contributed by atoms with E-state index in [2.05, 4.69) is 25.7 Å². The van der Waals surface area contributed by atoms with Gasteiger partial charge in [-0.2, -0.15) is 10.2 Å². The summed E-state index contributed by atoms with van der Waals surface area (Å²) in [6.07, 6.45) is 1.59. The monoisotopic (exact) mass is 323 g/mol. The summed E-state index contributed by atoms with van der Waals surface area (Å²) in [5, 5.41) is 13.0. The average molecular weight is 324 g/mol. The van der Waals surface area contributed by atoms with Gasteiger partial charge in [0.1, 0.15) is 5.69 Å². The van der Waals surface area contributed by atoms with E-state index in [1.165, 1.54) is 0 Å². The van der Waals surface area contributed by atoms with Crippen LogP contribution in [0.1, 0.15) is 12.6 Å². The highest BCUT2D eigenvalue weighted by Gasteiger charge is 2.06. The molecule has 0 aliphatic rings. The van der Waals surface area contributed by atoms with Crippen molar-refractivity contribution in [2.24, 2.45) is 5.10 Å². The molecular formula is C17H14ClN5. The van der Waals surface area contributed by atoms with Crippen molar-refractivity contribution in [1.82, 2.24) is 15.2 Å². The molecule has 0 aliphatic heterocycles. The first kappa shape index (κ1) is 15.1. The second-order valence-electron chi connectivity index (χ2n) is 4.85. The molecular weight excluding hydrogens is 310 g/mol. The molecule has 0 atom stereocenters. The van der Waals surface area contributed by atoms with E-state index in [-0.39, 0.29) is 0 Å². The molecule has 0 saturated carbocycles. The zero-order chi connectivity index (χ0) is 16.1. The van der Waals surface area contributed by atoms with Crippen molar-refractivity contribution >= 4 is 23.0 Å². The first-order valence-electron chi connectivity index (χ1n) is 7.04. The summed E-state index contributed by atoms with van der Waals surface area (Å²) in [6.45, 7) is 1.86. The summed E-state index contributed by atoms with van der Waals surface area (Å²) < 4.78 is 0. The molecule has 5 nitrogen and oxygen atoms in total. The average Bonchev–Trinajstić information content (AvgIpc) is 2.61. The van der Waals surface area contributed by atoms with E-state index < -0.39 is 0 Å². The number of rotatable bonds is 4. The molecule has 1 heterocycles. The van der Waals surface area contributed by atoms with Crippen LogP contribution in [-0.4, -0.2) is 20.9 Å². The molecule has 0 aliphatic carbocycles. The normalized spacial score (nSPS) is 11.3. The summed E-state index contributed by atoms with van der Waals surface area (Å²) in [4.78, 5) is 4.50. The Morgan fingerprint density at radius 3 is 2.70 bits per heavy atom. The Balaban J connectivity index is 1.82. The predicted molar refractivity (Wildman–Crippen MR) is 92.5 cm³/mol. The quantitative estimate of drug-likeness (QED) is 0.581. The first-order valence-corrected chi connectivity index (χ1v) is 7.41. The fourth-order valence-corrected chi connectivity index (χ4v) is 2.14. The van der Waals surface area contributed by atoms with E-state index in [1.807, 2.05) is 55.5 Å². The Labute approximate surface area is 139 Å². The molecule has 2 aromatic carbocycles. The van der Waals surface area contributed by atoms with Crippen molar-refractivity contribution in [3.05, 3.63) is 71.5 Å². The summed E-state index contributed by atoms with van der Waals surface area (Å²) >= 11 is 5.95. The van der Waals surface area contributed by atoms with Gasteiger partial charge < -0.3 is 0 Å². The lowest BCUT2D eigenvalue weighted by Crippen LogP contribution is -2.05. The Morgan fingerprint density at radius 1 is 1.09 bits per heavy atom. The minimum Gasteiger partial charge on any atom is -0.278 e. The van der Waals surface area contributed by atoms with Gasteiger partial charge in [-0.1, -0.05) is 48.0 Å². The number of anilines is 1. The Morgan fingerprint density at radius 2 is 1.91 bits per heavy atom. The molecule has 0 spiro atoms. The van der Waals surface area contributed by atoms with Crippen molar-refractivity contribution in [2.75, 3.05) is 5.43 Å². The maximum atomic E-state index is 5.95. The lowest BCUT2D eigenvalue weighted by molar-refractivity contribution is 0.970. The van der Waals surface area contributed by atoms with Gasteiger partial charge in [-0.25, -0.2) is 4.98 Å². The number of nitrogens with one attached hydrogen (secondary N) is 1. The number of hydrogen-bond acceptors (Lipinski definition) is 5. The van der Waals surface area contributed by atoms with Gasteiger partial charge in [0.25, 0.3) is 0 Å². The number of halogens is 1. The van der Waals surface area contributed by atoms with Crippen molar-refractivity contribution in [3.63, 3.8) is 0 Å². The predicted octanol–water partition coefficient (Wildman–Crippen LogP) is 4.03.